The molecular formula is C9H18O4. The predicted molar refractivity (Wildman–Crippen MR) is 48.3 cm³/mol. The molecule has 0 aliphatic rings. The highest BCUT2D eigenvalue weighted by Crippen LogP contribution is 2.02. The zero-order valence-electron chi connectivity index (χ0n) is 8.45. The summed E-state index contributed by atoms with van der Waals surface area (Å²) in [7, 11) is 1.46. The predicted octanol–water partition coefficient (Wildman–Crippen LogP) is 0.726. The van der Waals surface area contributed by atoms with Crippen molar-refractivity contribution in [2.75, 3.05) is 13.7 Å². The van der Waals surface area contributed by atoms with Crippen LogP contribution in [0, 0.1) is 0 Å². The zero-order valence-corrected chi connectivity index (χ0v) is 8.45. The number of aliphatic hydroxyl groups excluding tert-OH is 1. The Morgan fingerprint density at radius 3 is 2.54 bits per heavy atom. The van der Waals surface area contributed by atoms with Crippen molar-refractivity contribution in [2.24, 2.45) is 0 Å². The van der Waals surface area contributed by atoms with E-state index < -0.39 is 6.10 Å². The Bertz CT molecular complexity index is 143. The van der Waals surface area contributed by atoms with Gasteiger partial charge in [0.25, 0.3) is 0 Å². The molecule has 4 nitrogen and oxygen atoms in total. The molecular weight excluding hydrogens is 172 g/mol. The maximum Gasteiger partial charge on any atom is 0.308 e. The van der Waals surface area contributed by atoms with Crippen LogP contribution in [0.2, 0.25) is 0 Å². The maximum atomic E-state index is 11.1. The molecule has 2 unspecified atom stereocenters. The second-order valence-electron chi connectivity index (χ2n) is 2.95. The Morgan fingerprint density at radius 1 is 1.54 bits per heavy atom. The van der Waals surface area contributed by atoms with Crippen molar-refractivity contribution in [1.29, 1.82) is 0 Å². The number of ether oxygens (including phenoxy) is 2. The van der Waals surface area contributed by atoms with E-state index in [-0.39, 0.29) is 25.1 Å². The second kappa shape index (κ2) is 6.86. The number of carbonyl (C=O) groups excluding carboxylic acids is 1. The quantitative estimate of drug-likeness (QED) is 0.627. The largest absolute Gasteiger partial charge is 0.463 e. The van der Waals surface area contributed by atoms with Crippen molar-refractivity contribution in [3.63, 3.8) is 0 Å². The van der Waals surface area contributed by atoms with E-state index >= 15 is 0 Å². The van der Waals surface area contributed by atoms with Gasteiger partial charge in [0.1, 0.15) is 0 Å². The van der Waals surface area contributed by atoms with E-state index in [1.807, 2.05) is 13.8 Å². The van der Waals surface area contributed by atoms with Crippen LogP contribution in [-0.4, -0.2) is 37.0 Å². The number of hydrogen-bond acceptors (Lipinski definition) is 4. The van der Waals surface area contributed by atoms with E-state index in [1.165, 1.54) is 7.11 Å². The molecule has 0 amide bonds. The Morgan fingerprint density at radius 2 is 2.15 bits per heavy atom. The smallest absolute Gasteiger partial charge is 0.308 e. The van der Waals surface area contributed by atoms with Gasteiger partial charge in [-0.1, -0.05) is 6.92 Å². The van der Waals surface area contributed by atoms with Crippen molar-refractivity contribution in [2.45, 2.75) is 38.9 Å². The first kappa shape index (κ1) is 12.4. The van der Waals surface area contributed by atoms with Crippen LogP contribution >= 0.6 is 0 Å². The molecule has 78 valence electrons. The van der Waals surface area contributed by atoms with Crippen LogP contribution in [0.5, 0.6) is 0 Å². The number of hydrogen-bond donors (Lipinski definition) is 1. The van der Waals surface area contributed by atoms with Gasteiger partial charge < -0.3 is 14.6 Å². The van der Waals surface area contributed by atoms with Gasteiger partial charge in [0, 0.05) is 7.11 Å². The Kier molecular flexibility index (Phi) is 6.54. The summed E-state index contributed by atoms with van der Waals surface area (Å²) in [6.07, 6.45) is 0.389. The summed E-state index contributed by atoms with van der Waals surface area (Å²) in [5, 5.41) is 8.73. The lowest BCUT2D eigenvalue weighted by Gasteiger charge is -2.14. The minimum Gasteiger partial charge on any atom is -0.463 e. The SMILES string of the molecule is CCC(C)OC(=O)CC(CO)OC. The molecule has 13 heavy (non-hydrogen) atoms. The molecule has 0 radical (unpaired) electrons. The van der Waals surface area contributed by atoms with Gasteiger partial charge in [-0.3, -0.25) is 4.79 Å². The van der Waals surface area contributed by atoms with E-state index in [9.17, 15) is 4.79 Å². The standard InChI is InChI=1S/C9H18O4/c1-4-7(2)13-9(11)5-8(6-10)12-3/h7-8,10H,4-6H2,1-3H3. The van der Waals surface area contributed by atoms with Crippen molar-refractivity contribution < 1.29 is 19.4 Å². The summed E-state index contributed by atoms with van der Waals surface area (Å²) in [5.41, 5.74) is 0. The number of aliphatic hydroxyl groups is 1. The molecule has 0 aliphatic carbocycles. The van der Waals surface area contributed by atoms with Crippen LogP contribution in [0.3, 0.4) is 0 Å². The van der Waals surface area contributed by atoms with Gasteiger partial charge in [-0.25, -0.2) is 0 Å². The molecule has 0 bridgehead atoms. The van der Waals surface area contributed by atoms with Gasteiger partial charge >= 0.3 is 5.97 Å². The Hall–Kier alpha value is -0.610. The summed E-state index contributed by atoms with van der Waals surface area (Å²) < 4.78 is 9.84. The Balaban J connectivity index is 3.72. The topological polar surface area (TPSA) is 55.8 Å². The zero-order chi connectivity index (χ0) is 10.3. The third kappa shape index (κ3) is 5.60. The molecule has 0 aromatic carbocycles. The van der Waals surface area contributed by atoms with E-state index in [0.717, 1.165) is 6.42 Å². The molecule has 0 aliphatic heterocycles. The minimum atomic E-state index is -0.448. The normalized spacial score (nSPS) is 15.1. The molecule has 0 aromatic heterocycles. The number of esters is 1. The first-order chi connectivity index (χ1) is 6.13. The van der Waals surface area contributed by atoms with Gasteiger partial charge in [-0.05, 0) is 13.3 Å². The van der Waals surface area contributed by atoms with Crippen LogP contribution in [0.1, 0.15) is 26.7 Å². The van der Waals surface area contributed by atoms with E-state index in [1.54, 1.807) is 0 Å². The highest BCUT2D eigenvalue weighted by Gasteiger charge is 2.14. The highest BCUT2D eigenvalue weighted by atomic mass is 16.5. The minimum absolute atomic E-state index is 0.0660. The fraction of sp³-hybridized carbons (Fsp3) is 0.889. The molecule has 4 heteroatoms. The summed E-state index contributed by atoms with van der Waals surface area (Å²) >= 11 is 0. The maximum absolute atomic E-state index is 11.1. The van der Waals surface area contributed by atoms with Gasteiger partial charge in [-0.15, -0.1) is 0 Å². The lowest BCUT2D eigenvalue weighted by molar-refractivity contribution is -0.151. The monoisotopic (exact) mass is 190 g/mol. The molecule has 0 saturated heterocycles. The number of methoxy groups -OCH3 is 1. The molecule has 0 spiro atoms. The van der Waals surface area contributed by atoms with Gasteiger partial charge in [0.2, 0.25) is 0 Å². The van der Waals surface area contributed by atoms with Gasteiger partial charge in [-0.2, -0.15) is 0 Å². The van der Waals surface area contributed by atoms with E-state index in [0.29, 0.717) is 0 Å². The van der Waals surface area contributed by atoms with Crippen molar-refractivity contribution >= 4 is 5.97 Å². The number of carbonyl (C=O) groups is 1. The second-order valence-corrected chi connectivity index (χ2v) is 2.95. The van der Waals surface area contributed by atoms with Crippen LogP contribution in [-0.2, 0) is 14.3 Å². The summed E-state index contributed by atoms with van der Waals surface area (Å²) in [6.45, 7) is 3.61. The first-order valence-electron chi connectivity index (χ1n) is 4.47. The lowest BCUT2D eigenvalue weighted by Crippen LogP contribution is -2.23. The summed E-state index contributed by atoms with van der Waals surface area (Å²) in [5.74, 6) is -0.324. The van der Waals surface area contributed by atoms with Gasteiger partial charge in [0.05, 0.1) is 25.2 Å². The molecule has 1 N–H and O–H groups in total. The average molecular weight is 190 g/mol. The molecule has 2 atom stereocenters. The van der Waals surface area contributed by atoms with E-state index in [4.69, 9.17) is 14.6 Å². The number of rotatable bonds is 6. The fourth-order valence-electron chi connectivity index (χ4n) is 0.764. The first-order valence-corrected chi connectivity index (χ1v) is 4.47. The van der Waals surface area contributed by atoms with Crippen molar-refractivity contribution in [3.05, 3.63) is 0 Å². The molecule has 0 aromatic rings. The molecule has 0 heterocycles. The fourth-order valence-corrected chi connectivity index (χ4v) is 0.764. The van der Waals surface area contributed by atoms with Crippen LogP contribution in [0.25, 0.3) is 0 Å². The van der Waals surface area contributed by atoms with Crippen LogP contribution < -0.4 is 0 Å². The van der Waals surface area contributed by atoms with Crippen molar-refractivity contribution in [3.8, 4) is 0 Å². The molecule has 0 rings (SSSR count). The summed E-state index contributed by atoms with van der Waals surface area (Å²) in [4.78, 5) is 11.1. The molecule has 0 fully saturated rings. The van der Waals surface area contributed by atoms with Crippen LogP contribution in [0.4, 0.5) is 0 Å². The average Bonchev–Trinajstić information content (AvgIpc) is 2.13. The molecule has 0 saturated carbocycles. The van der Waals surface area contributed by atoms with Gasteiger partial charge in [0.15, 0.2) is 0 Å². The van der Waals surface area contributed by atoms with Crippen LogP contribution in [0.15, 0.2) is 0 Å². The van der Waals surface area contributed by atoms with Crippen molar-refractivity contribution in [1.82, 2.24) is 0 Å². The Labute approximate surface area is 78.8 Å². The third-order valence-electron chi connectivity index (χ3n) is 1.84. The lowest BCUT2D eigenvalue weighted by atomic mass is 10.2. The third-order valence-corrected chi connectivity index (χ3v) is 1.84. The summed E-state index contributed by atoms with van der Waals surface area (Å²) in [6, 6.07) is 0. The highest BCUT2D eigenvalue weighted by molar-refractivity contribution is 5.70. The van der Waals surface area contributed by atoms with E-state index in [2.05, 4.69) is 0 Å².